The van der Waals surface area contributed by atoms with Crippen LogP contribution in [-0.2, 0) is 6.18 Å². The van der Waals surface area contributed by atoms with Gasteiger partial charge in [-0.15, -0.1) is 0 Å². The summed E-state index contributed by atoms with van der Waals surface area (Å²) in [6.45, 7) is -3.32. The lowest BCUT2D eigenvalue weighted by molar-refractivity contribution is -0.140. The lowest BCUT2D eigenvalue weighted by Crippen LogP contribution is -2.10. The first-order chi connectivity index (χ1) is 7.21. The Morgan fingerprint density at radius 2 is 1.75 bits per heavy atom. The number of hydrogen-bond acceptors (Lipinski definition) is 1. The third-order valence-electron chi connectivity index (χ3n) is 1.53. The van der Waals surface area contributed by atoms with E-state index in [0.29, 0.717) is 6.07 Å². The Bertz CT molecular complexity index is 389. The molecule has 0 bridgehead atoms. The van der Waals surface area contributed by atoms with Gasteiger partial charge in [-0.3, -0.25) is 0 Å². The maximum atomic E-state index is 12.9. The summed E-state index contributed by atoms with van der Waals surface area (Å²) < 4.78 is 76.7. The molecular weight excluding hydrogens is 262 g/mol. The number of ether oxygens (including phenoxy) is 1. The van der Waals surface area contributed by atoms with E-state index in [4.69, 9.17) is 11.6 Å². The summed E-state index contributed by atoms with van der Waals surface area (Å²) in [5, 5.41) is -0.939. The van der Waals surface area contributed by atoms with E-state index in [1.807, 2.05) is 0 Å². The molecule has 0 spiro atoms. The summed E-state index contributed by atoms with van der Waals surface area (Å²) >= 11 is 5.11. The Kier molecular flexibility index (Phi) is 3.57. The predicted octanol–water partition coefficient (Wildman–Crippen LogP) is 4.10. The molecule has 0 aromatic heterocycles. The van der Waals surface area contributed by atoms with E-state index in [1.165, 1.54) is 0 Å². The average molecular weight is 265 g/mol. The molecule has 0 aliphatic carbocycles. The molecule has 0 atom stereocenters. The monoisotopic (exact) mass is 264 g/mol. The molecule has 1 nitrogen and oxygen atoms in total. The first-order valence-electron chi connectivity index (χ1n) is 3.73. The van der Waals surface area contributed by atoms with Crippen molar-refractivity contribution >= 4 is 11.6 Å². The van der Waals surface area contributed by atoms with Crippen LogP contribution in [0.5, 0.6) is 5.75 Å². The van der Waals surface area contributed by atoms with Gasteiger partial charge in [0.1, 0.15) is 5.75 Å². The van der Waals surface area contributed by atoms with Crippen LogP contribution < -0.4 is 4.74 Å². The van der Waals surface area contributed by atoms with Crippen LogP contribution in [0, 0.1) is 5.82 Å². The fourth-order valence-corrected chi connectivity index (χ4v) is 1.15. The van der Waals surface area contributed by atoms with Crippen LogP contribution in [0.3, 0.4) is 0 Å². The maximum Gasteiger partial charge on any atom is 0.419 e. The standard InChI is InChI=1S/C8H3ClF6O/c9-5-2-3(16-7(11)12)1-4(6(5)10)8(13,14)15/h1-2,7H. The lowest BCUT2D eigenvalue weighted by atomic mass is 10.2. The smallest absolute Gasteiger partial charge is 0.419 e. The van der Waals surface area contributed by atoms with Gasteiger partial charge in [0, 0.05) is 6.07 Å². The summed E-state index contributed by atoms with van der Waals surface area (Å²) in [4.78, 5) is 0. The lowest BCUT2D eigenvalue weighted by Gasteiger charge is -2.11. The SMILES string of the molecule is Fc1c(Cl)cc(OC(F)F)cc1C(F)(F)F. The van der Waals surface area contributed by atoms with Gasteiger partial charge in [0.25, 0.3) is 0 Å². The second kappa shape index (κ2) is 4.40. The molecule has 0 unspecified atom stereocenters. The van der Waals surface area contributed by atoms with Crippen LogP contribution in [0.2, 0.25) is 5.02 Å². The second-order valence-corrected chi connectivity index (χ2v) is 3.05. The third kappa shape index (κ3) is 2.94. The summed E-state index contributed by atoms with van der Waals surface area (Å²) in [6.07, 6.45) is -5.03. The summed E-state index contributed by atoms with van der Waals surface area (Å²) in [6, 6.07) is 0.658. The largest absolute Gasteiger partial charge is 0.435 e. The van der Waals surface area contributed by atoms with Crippen LogP contribution in [0.25, 0.3) is 0 Å². The van der Waals surface area contributed by atoms with E-state index in [-0.39, 0.29) is 6.07 Å². The molecule has 0 amide bonds. The zero-order valence-corrected chi connectivity index (χ0v) is 8.04. The number of alkyl halides is 5. The van der Waals surface area contributed by atoms with Gasteiger partial charge in [-0.2, -0.15) is 22.0 Å². The Morgan fingerprint density at radius 1 is 1.19 bits per heavy atom. The van der Waals surface area contributed by atoms with Crippen molar-refractivity contribution in [2.24, 2.45) is 0 Å². The Balaban J connectivity index is 3.23. The van der Waals surface area contributed by atoms with Crippen LogP contribution in [-0.4, -0.2) is 6.61 Å². The maximum absolute atomic E-state index is 12.9. The zero-order valence-electron chi connectivity index (χ0n) is 7.29. The molecule has 0 heterocycles. The molecule has 0 aliphatic heterocycles. The van der Waals surface area contributed by atoms with E-state index in [1.54, 1.807) is 0 Å². The van der Waals surface area contributed by atoms with E-state index < -0.39 is 34.9 Å². The van der Waals surface area contributed by atoms with Crippen molar-refractivity contribution in [3.8, 4) is 5.75 Å². The number of benzene rings is 1. The summed E-state index contributed by atoms with van der Waals surface area (Å²) in [5.74, 6) is -2.58. The van der Waals surface area contributed by atoms with Gasteiger partial charge in [0.05, 0.1) is 10.6 Å². The summed E-state index contributed by atoms with van der Waals surface area (Å²) in [5.41, 5.74) is -1.75. The highest BCUT2D eigenvalue weighted by molar-refractivity contribution is 6.31. The van der Waals surface area contributed by atoms with Crippen molar-refractivity contribution in [3.63, 3.8) is 0 Å². The minimum atomic E-state index is -5.03. The molecule has 0 saturated carbocycles. The van der Waals surface area contributed by atoms with Crippen molar-refractivity contribution in [1.29, 1.82) is 0 Å². The molecule has 1 aromatic carbocycles. The Morgan fingerprint density at radius 3 is 2.19 bits per heavy atom. The second-order valence-electron chi connectivity index (χ2n) is 2.64. The molecule has 0 saturated heterocycles. The number of hydrogen-bond donors (Lipinski definition) is 0. The minimum absolute atomic E-state index is 0.118. The van der Waals surface area contributed by atoms with Crippen molar-refractivity contribution in [2.75, 3.05) is 0 Å². The van der Waals surface area contributed by atoms with Crippen LogP contribution in [0.15, 0.2) is 12.1 Å². The van der Waals surface area contributed by atoms with Gasteiger partial charge in [-0.05, 0) is 6.07 Å². The highest BCUT2D eigenvalue weighted by Crippen LogP contribution is 2.37. The number of halogens is 7. The van der Waals surface area contributed by atoms with Gasteiger partial charge >= 0.3 is 12.8 Å². The Hall–Kier alpha value is -1.11. The molecule has 16 heavy (non-hydrogen) atoms. The molecule has 8 heteroatoms. The molecule has 1 rings (SSSR count). The van der Waals surface area contributed by atoms with Crippen LogP contribution in [0.4, 0.5) is 26.3 Å². The highest BCUT2D eigenvalue weighted by Gasteiger charge is 2.36. The van der Waals surface area contributed by atoms with Gasteiger partial charge in [-0.1, -0.05) is 11.6 Å². The normalized spacial score (nSPS) is 12.0. The average Bonchev–Trinajstić information content (AvgIpc) is 2.08. The third-order valence-corrected chi connectivity index (χ3v) is 1.81. The number of rotatable bonds is 2. The van der Waals surface area contributed by atoms with Crippen molar-refractivity contribution in [2.45, 2.75) is 12.8 Å². The van der Waals surface area contributed by atoms with E-state index in [9.17, 15) is 26.3 Å². The fraction of sp³-hybridized carbons (Fsp3) is 0.250. The fourth-order valence-electron chi connectivity index (χ4n) is 0.941. The predicted molar refractivity (Wildman–Crippen MR) is 43.0 cm³/mol. The van der Waals surface area contributed by atoms with Gasteiger partial charge in [0.2, 0.25) is 0 Å². The first-order valence-corrected chi connectivity index (χ1v) is 4.10. The first kappa shape index (κ1) is 13.0. The quantitative estimate of drug-likeness (QED) is 0.731. The van der Waals surface area contributed by atoms with Gasteiger partial charge in [-0.25, -0.2) is 4.39 Å². The molecule has 0 radical (unpaired) electrons. The topological polar surface area (TPSA) is 9.23 Å². The molecule has 0 N–H and O–H groups in total. The Labute approximate surface area is 90.6 Å². The van der Waals surface area contributed by atoms with E-state index >= 15 is 0 Å². The minimum Gasteiger partial charge on any atom is -0.435 e. The van der Waals surface area contributed by atoms with Crippen molar-refractivity contribution < 1.29 is 31.1 Å². The molecule has 0 aliphatic rings. The molecular formula is C8H3ClF6O. The molecule has 0 fully saturated rings. The van der Waals surface area contributed by atoms with Gasteiger partial charge in [0.15, 0.2) is 5.82 Å². The molecule has 90 valence electrons. The van der Waals surface area contributed by atoms with Crippen LogP contribution in [0.1, 0.15) is 5.56 Å². The molecule has 1 aromatic rings. The summed E-state index contributed by atoms with van der Waals surface area (Å²) in [7, 11) is 0. The van der Waals surface area contributed by atoms with Crippen molar-refractivity contribution in [1.82, 2.24) is 0 Å². The van der Waals surface area contributed by atoms with E-state index in [2.05, 4.69) is 4.74 Å². The van der Waals surface area contributed by atoms with Crippen molar-refractivity contribution in [3.05, 3.63) is 28.5 Å². The van der Waals surface area contributed by atoms with E-state index in [0.717, 1.165) is 0 Å². The highest BCUT2D eigenvalue weighted by atomic mass is 35.5. The van der Waals surface area contributed by atoms with Crippen LogP contribution >= 0.6 is 11.6 Å². The zero-order chi connectivity index (χ0) is 12.5. The van der Waals surface area contributed by atoms with Gasteiger partial charge < -0.3 is 4.74 Å².